The van der Waals surface area contributed by atoms with Gasteiger partial charge < -0.3 is 15.6 Å². The topological polar surface area (TPSA) is 65.6 Å². The number of benzene rings is 1. The van der Waals surface area contributed by atoms with E-state index < -0.39 is 0 Å². The highest BCUT2D eigenvalue weighted by atomic mass is 15.1. The van der Waals surface area contributed by atoms with Crippen molar-refractivity contribution in [3.63, 3.8) is 0 Å². The minimum atomic E-state index is 0.379. The van der Waals surface area contributed by atoms with Crippen molar-refractivity contribution in [1.29, 1.82) is 0 Å². The summed E-state index contributed by atoms with van der Waals surface area (Å²) in [6.45, 7) is 1.00. The SMILES string of the molecule is CNc1nc(C2CCNC(c3ccccc3)C2)c2nccc-2[nH]1. The van der Waals surface area contributed by atoms with Gasteiger partial charge in [-0.3, -0.25) is 4.98 Å². The Morgan fingerprint density at radius 2 is 2.04 bits per heavy atom. The number of piperidine rings is 1. The molecule has 5 nitrogen and oxygen atoms in total. The maximum Gasteiger partial charge on any atom is 0.200 e. The fourth-order valence-electron chi connectivity index (χ4n) is 3.48. The van der Waals surface area contributed by atoms with E-state index in [1.807, 2.05) is 19.3 Å². The third-order valence-corrected chi connectivity index (χ3v) is 4.66. The van der Waals surface area contributed by atoms with Crippen LogP contribution in [0.1, 0.15) is 36.1 Å². The summed E-state index contributed by atoms with van der Waals surface area (Å²) in [4.78, 5) is 12.6. The zero-order valence-corrected chi connectivity index (χ0v) is 13.2. The Hall–Kier alpha value is -2.40. The van der Waals surface area contributed by atoms with Crippen LogP contribution in [0.15, 0.2) is 42.6 Å². The maximum atomic E-state index is 4.79. The van der Waals surface area contributed by atoms with Crippen LogP contribution in [-0.2, 0) is 0 Å². The number of anilines is 1. The molecule has 1 aromatic carbocycles. The first-order valence-electron chi connectivity index (χ1n) is 8.16. The van der Waals surface area contributed by atoms with E-state index >= 15 is 0 Å². The maximum absolute atomic E-state index is 4.79. The van der Waals surface area contributed by atoms with Crippen LogP contribution in [0, 0.1) is 0 Å². The van der Waals surface area contributed by atoms with Crippen molar-refractivity contribution in [2.75, 3.05) is 18.9 Å². The number of fused-ring (bicyclic) bond motifs is 1. The third kappa shape index (κ3) is 2.68. The molecular weight excluding hydrogens is 286 g/mol. The lowest BCUT2D eigenvalue weighted by Gasteiger charge is -2.31. The molecule has 1 fully saturated rings. The van der Waals surface area contributed by atoms with Gasteiger partial charge in [-0.1, -0.05) is 30.3 Å². The minimum Gasteiger partial charge on any atom is -0.359 e. The molecule has 1 aromatic rings. The molecule has 0 amide bonds. The summed E-state index contributed by atoms with van der Waals surface area (Å²) in [6, 6.07) is 13.1. The minimum absolute atomic E-state index is 0.379. The summed E-state index contributed by atoms with van der Waals surface area (Å²) in [5.74, 6) is 1.22. The molecule has 118 valence electrons. The lowest BCUT2D eigenvalue weighted by atomic mass is 9.85. The van der Waals surface area contributed by atoms with E-state index in [-0.39, 0.29) is 0 Å². The molecule has 5 heteroatoms. The monoisotopic (exact) mass is 307 g/mol. The van der Waals surface area contributed by atoms with E-state index in [9.17, 15) is 0 Å². The van der Waals surface area contributed by atoms with E-state index in [0.29, 0.717) is 12.0 Å². The van der Waals surface area contributed by atoms with E-state index in [0.717, 1.165) is 42.4 Å². The predicted octanol–water partition coefficient (Wildman–Crippen LogP) is 3.16. The summed E-state index contributed by atoms with van der Waals surface area (Å²) in [5.41, 5.74) is 4.51. The average molecular weight is 307 g/mol. The van der Waals surface area contributed by atoms with Gasteiger partial charge in [-0.2, -0.15) is 0 Å². The Kier molecular flexibility index (Phi) is 3.71. The number of hydrogen-bond acceptors (Lipinski definition) is 4. The second-order valence-electron chi connectivity index (χ2n) is 6.07. The van der Waals surface area contributed by atoms with Gasteiger partial charge in [0.2, 0.25) is 5.95 Å². The highest BCUT2D eigenvalue weighted by Gasteiger charge is 2.28. The molecule has 2 atom stereocenters. The van der Waals surface area contributed by atoms with Crippen molar-refractivity contribution in [2.45, 2.75) is 24.8 Å². The van der Waals surface area contributed by atoms with Crippen LogP contribution >= 0.6 is 0 Å². The van der Waals surface area contributed by atoms with Gasteiger partial charge in [0.25, 0.3) is 0 Å². The van der Waals surface area contributed by atoms with Crippen LogP contribution in [0.25, 0.3) is 11.4 Å². The third-order valence-electron chi connectivity index (χ3n) is 4.66. The fraction of sp³-hybridized carbons (Fsp3) is 0.333. The molecule has 0 radical (unpaired) electrons. The van der Waals surface area contributed by atoms with Gasteiger partial charge >= 0.3 is 0 Å². The number of aromatic nitrogens is 3. The standard InChI is InChI=1S/C18H21N5/c1-19-18-22-14-8-10-21-17(14)16(23-18)13-7-9-20-15(11-13)12-5-3-2-4-6-12/h2-6,8,10,13,15,20H,7,9,11H2,1H3,(H2,19,22,23). The number of rotatable bonds is 3. The van der Waals surface area contributed by atoms with Gasteiger partial charge in [0, 0.05) is 25.2 Å². The molecule has 3 N–H and O–H groups in total. The summed E-state index contributed by atoms with van der Waals surface area (Å²) in [6.07, 6.45) is 3.99. The summed E-state index contributed by atoms with van der Waals surface area (Å²) < 4.78 is 0. The molecule has 4 rings (SSSR count). The zero-order chi connectivity index (χ0) is 15.6. The molecule has 0 spiro atoms. The quantitative estimate of drug-likeness (QED) is 0.695. The number of nitrogens with one attached hydrogen (secondary N) is 3. The van der Waals surface area contributed by atoms with E-state index in [4.69, 9.17) is 4.98 Å². The zero-order valence-electron chi connectivity index (χ0n) is 13.2. The van der Waals surface area contributed by atoms with E-state index in [2.05, 4.69) is 50.9 Å². The molecule has 2 unspecified atom stereocenters. The molecular formula is C18H21N5. The molecule has 0 saturated carbocycles. The Morgan fingerprint density at radius 3 is 2.87 bits per heavy atom. The van der Waals surface area contributed by atoms with Crippen LogP contribution in [0.2, 0.25) is 0 Å². The molecule has 0 aliphatic carbocycles. The highest BCUT2D eigenvalue weighted by molar-refractivity contribution is 5.62. The van der Waals surface area contributed by atoms with Gasteiger partial charge in [-0.25, -0.2) is 4.98 Å². The van der Waals surface area contributed by atoms with Gasteiger partial charge in [-0.05, 0) is 31.0 Å². The van der Waals surface area contributed by atoms with Gasteiger partial charge in [0.05, 0.1) is 11.4 Å². The number of nitrogens with zero attached hydrogens (tertiary/aromatic N) is 2. The molecule has 3 aliphatic heterocycles. The summed E-state index contributed by atoms with van der Waals surface area (Å²) in [5, 5.41) is 6.76. The number of aromatic amines is 1. The number of H-pyrrole nitrogens is 1. The lowest BCUT2D eigenvalue weighted by Crippen LogP contribution is -2.31. The molecule has 1 saturated heterocycles. The molecule has 0 bridgehead atoms. The Bertz CT molecular complexity index is 751. The second kappa shape index (κ2) is 6.01. The average Bonchev–Trinajstić information content (AvgIpc) is 3.10. The Balaban J connectivity index is 1.67. The van der Waals surface area contributed by atoms with Crippen molar-refractivity contribution in [3.8, 4) is 11.4 Å². The van der Waals surface area contributed by atoms with Crippen LogP contribution in [0.4, 0.5) is 5.95 Å². The summed E-state index contributed by atoms with van der Waals surface area (Å²) in [7, 11) is 1.89. The molecule has 3 heterocycles. The molecule has 23 heavy (non-hydrogen) atoms. The predicted molar refractivity (Wildman–Crippen MR) is 91.7 cm³/mol. The first-order valence-corrected chi connectivity index (χ1v) is 8.16. The van der Waals surface area contributed by atoms with Crippen LogP contribution in [0.5, 0.6) is 0 Å². The Labute approximate surface area is 135 Å². The second-order valence-corrected chi connectivity index (χ2v) is 6.07. The van der Waals surface area contributed by atoms with Crippen molar-refractivity contribution in [2.24, 2.45) is 0 Å². The van der Waals surface area contributed by atoms with Crippen LogP contribution in [-0.4, -0.2) is 28.5 Å². The first-order chi connectivity index (χ1) is 11.3. The van der Waals surface area contributed by atoms with Gasteiger partial charge in [0.1, 0.15) is 5.69 Å². The highest BCUT2D eigenvalue weighted by Crippen LogP contribution is 2.37. The first kappa shape index (κ1) is 14.2. The van der Waals surface area contributed by atoms with Crippen molar-refractivity contribution >= 4 is 5.95 Å². The smallest absolute Gasteiger partial charge is 0.200 e. The molecule has 3 aliphatic rings. The van der Waals surface area contributed by atoms with Crippen molar-refractivity contribution in [3.05, 3.63) is 53.9 Å². The van der Waals surface area contributed by atoms with Crippen molar-refractivity contribution < 1.29 is 0 Å². The van der Waals surface area contributed by atoms with Crippen LogP contribution < -0.4 is 10.6 Å². The molecule has 0 aromatic heterocycles. The lowest BCUT2D eigenvalue weighted by molar-refractivity contribution is 0.365. The normalized spacial score (nSPS) is 21.4. The number of hydrogen-bond donors (Lipinski definition) is 3. The van der Waals surface area contributed by atoms with Crippen LogP contribution in [0.3, 0.4) is 0 Å². The fourth-order valence-corrected chi connectivity index (χ4v) is 3.48. The van der Waals surface area contributed by atoms with E-state index in [1.54, 1.807) is 0 Å². The van der Waals surface area contributed by atoms with Gasteiger partial charge in [-0.15, -0.1) is 0 Å². The van der Waals surface area contributed by atoms with Crippen molar-refractivity contribution in [1.82, 2.24) is 20.3 Å². The summed E-state index contributed by atoms with van der Waals surface area (Å²) >= 11 is 0. The van der Waals surface area contributed by atoms with Gasteiger partial charge in [0.15, 0.2) is 0 Å². The largest absolute Gasteiger partial charge is 0.359 e. The Morgan fingerprint density at radius 1 is 1.17 bits per heavy atom. The van der Waals surface area contributed by atoms with E-state index in [1.165, 1.54) is 5.56 Å².